The molecule has 0 spiro atoms. The van der Waals surface area contributed by atoms with Crippen LogP contribution in [-0.2, 0) is 9.59 Å². The Balaban J connectivity index is 1.79. The predicted octanol–water partition coefficient (Wildman–Crippen LogP) is 4.55. The zero-order chi connectivity index (χ0) is 18.4. The largest absolute Gasteiger partial charge is 0.393 e. The second kappa shape index (κ2) is 6.79. The summed E-state index contributed by atoms with van der Waals surface area (Å²) in [6, 6.07) is 0. The van der Waals surface area contributed by atoms with Gasteiger partial charge in [0.1, 0.15) is 11.6 Å². The molecule has 25 heavy (non-hydrogen) atoms. The van der Waals surface area contributed by atoms with Gasteiger partial charge in [-0.05, 0) is 74.5 Å². The Morgan fingerprint density at radius 1 is 1.04 bits per heavy atom. The van der Waals surface area contributed by atoms with Crippen molar-refractivity contribution >= 4 is 11.6 Å². The molecule has 3 nitrogen and oxygen atoms in total. The van der Waals surface area contributed by atoms with Crippen LogP contribution in [0.4, 0.5) is 0 Å². The van der Waals surface area contributed by atoms with E-state index in [0.717, 1.165) is 51.4 Å². The smallest absolute Gasteiger partial charge is 0.137 e. The average molecular weight is 349 g/mol. The van der Waals surface area contributed by atoms with Gasteiger partial charge < -0.3 is 5.11 Å². The summed E-state index contributed by atoms with van der Waals surface area (Å²) in [5.74, 6) is 1.74. The van der Waals surface area contributed by atoms with Crippen molar-refractivity contribution in [3.05, 3.63) is 0 Å². The fourth-order valence-corrected chi connectivity index (χ4v) is 6.61. The monoisotopic (exact) mass is 348 g/mol. The van der Waals surface area contributed by atoms with Crippen LogP contribution < -0.4 is 0 Å². The maximum absolute atomic E-state index is 13.4. The molecule has 0 aliphatic heterocycles. The van der Waals surface area contributed by atoms with E-state index in [1.165, 1.54) is 0 Å². The second-order valence-electron chi connectivity index (χ2n) is 9.90. The number of aliphatic hydroxyl groups excluding tert-OH is 1. The molecule has 0 heterocycles. The summed E-state index contributed by atoms with van der Waals surface area (Å²) in [4.78, 5) is 25.6. The molecule has 0 amide bonds. The van der Waals surface area contributed by atoms with Crippen molar-refractivity contribution in [2.75, 3.05) is 0 Å². The van der Waals surface area contributed by atoms with Gasteiger partial charge in [-0.15, -0.1) is 0 Å². The zero-order valence-corrected chi connectivity index (χ0v) is 16.5. The summed E-state index contributed by atoms with van der Waals surface area (Å²) < 4.78 is 0. The quantitative estimate of drug-likeness (QED) is 0.810. The molecule has 0 aromatic carbocycles. The van der Waals surface area contributed by atoms with Crippen molar-refractivity contribution in [1.29, 1.82) is 0 Å². The zero-order valence-electron chi connectivity index (χ0n) is 16.5. The molecule has 3 aliphatic carbocycles. The normalized spacial score (nSPS) is 47.3. The molecule has 1 N–H and O–H groups in total. The maximum atomic E-state index is 13.4. The van der Waals surface area contributed by atoms with Gasteiger partial charge in [-0.25, -0.2) is 0 Å². The topological polar surface area (TPSA) is 54.4 Å². The first-order valence-corrected chi connectivity index (χ1v) is 10.4. The van der Waals surface area contributed by atoms with Crippen molar-refractivity contribution in [1.82, 2.24) is 0 Å². The first kappa shape index (κ1) is 19.1. The van der Waals surface area contributed by atoms with Crippen LogP contribution in [0.25, 0.3) is 0 Å². The summed E-state index contributed by atoms with van der Waals surface area (Å²) in [6.45, 7) is 8.40. The highest BCUT2D eigenvalue weighted by Crippen LogP contribution is 2.56. The van der Waals surface area contributed by atoms with Gasteiger partial charge in [0.2, 0.25) is 0 Å². The third-order valence-corrected chi connectivity index (χ3v) is 8.59. The number of ketones is 2. The molecule has 0 bridgehead atoms. The summed E-state index contributed by atoms with van der Waals surface area (Å²) >= 11 is 0. The second-order valence-corrected chi connectivity index (χ2v) is 9.90. The Labute approximate surface area is 153 Å². The standard InChI is InChI=1S/C22H36O3/c1-14-8-9-18(15(2)23)22(14,4)13-20(25)19-7-5-6-16-12-17(24)10-11-21(16,19)3/h14,16-19,24H,5-13H2,1-4H3/t14-,16+,17-,18-,19-,21+,22+/m1/s1. The number of rotatable bonds is 4. The van der Waals surface area contributed by atoms with Crippen LogP contribution in [0, 0.1) is 34.5 Å². The van der Waals surface area contributed by atoms with E-state index in [1.807, 2.05) is 0 Å². The first-order chi connectivity index (χ1) is 11.7. The lowest BCUT2D eigenvalue weighted by Gasteiger charge is -2.51. The van der Waals surface area contributed by atoms with Crippen LogP contribution in [0.3, 0.4) is 0 Å². The first-order valence-electron chi connectivity index (χ1n) is 10.4. The predicted molar refractivity (Wildman–Crippen MR) is 99.1 cm³/mol. The third kappa shape index (κ3) is 3.22. The van der Waals surface area contributed by atoms with E-state index < -0.39 is 0 Å². The summed E-state index contributed by atoms with van der Waals surface area (Å²) in [7, 11) is 0. The molecule has 7 atom stereocenters. The molecule has 0 saturated heterocycles. The molecule has 3 fully saturated rings. The van der Waals surface area contributed by atoms with Gasteiger partial charge in [0, 0.05) is 18.3 Å². The average Bonchev–Trinajstić information content (AvgIpc) is 2.82. The summed E-state index contributed by atoms with van der Waals surface area (Å²) in [6.07, 6.45) is 8.31. The van der Waals surface area contributed by atoms with Gasteiger partial charge in [0.15, 0.2) is 0 Å². The molecular weight excluding hydrogens is 312 g/mol. The van der Waals surface area contributed by atoms with Crippen molar-refractivity contribution < 1.29 is 14.7 Å². The van der Waals surface area contributed by atoms with E-state index in [9.17, 15) is 14.7 Å². The number of aliphatic hydroxyl groups is 1. The summed E-state index contributed by atoms with van der Waals surface area (Å²) in [5, 5.41) is 10.1. The van der Waals surface area contributed by atoms with Crippen LogP contribution in [0.15, 0.2) is 0 Å². The SMILES string of the molecule is CC(=O)[C@H]1CC[C@@H](C)[C@]1(C)CC(=O)[C@H]1CCC[C@H]2C[C@H](O)CC[C@@]21C. The molecule has 0 aromatic heterocycles. The Kier molecular flexibility index (Phi) is 5.18. The van der Waals surface area contributed by atoms with Crippen molar-refractivity contribution in [3.63, 3.8) is 0 Å². The number of carbonyl (C=O) groups excluding carboxylic acids is 2. The molecule has 142 valence electrons. The van der Waals surface area contributed by atoms with E-state index in [4.69, 9.17) is 0 Å². The maximum Gasteiger partial charge on any atom is 0.137 e. The van der Waals surface area contributed by atoms with E-state index in [2.05, 4.69) is 20.8 Å². The highest BCUT2D eigenvalue weighted by Gasteiger charge is 2.53. The molecule has 3 aliphatic rings. The number of Topliss-reactive ketones (excluding diaryl/α,β-unsaturated/α-hetero) is 2. The van der Waals surface area contributed by atoms with E-state index in [1.54, 1.807) is 6.92 Å². The van der Waals surface area contributed by atoms with Crippen LogP contribution in [-0.4, -0.2) is 22.8 Å². The Bertz CT molecular complexity index is 541. The van der Waals surface area contributed by atoms with Gasteiger partial charge in [0.25, 0.3) is 0 Å². The van der Waals surface area contributed by atoms with Gasteiger partial charge in [-0.3, -0.25) is 9.59 Å². The molecule has 3 heteroatoms. The van der Waals surface area contributed by atoms with Crippen molar-refractivity contribution in [2.45, 2.75) is 91.6 Å². The van der Waals surface area contributed by atoms with Gasteiger partial charge in [-0.2, -0.15) is 0 Å². The van der Waals surface area contributed by atoms with Crippen LogP contribution in [0.2, 0.25) is 0 Å². The van der Waals surface area contributed by atoms with Crippen LogP contribution in [0.5, 0.6) is 0 Å². The van der Waals surface area contributed by atoms with Crippen molar-refractivity contribution in [2.24, 2.45) is 34.5 Å². The third-order valence-electron chi connectivity index (χ3n) is 8.59. The highest BCUT2D eigenvalue weighted by atomic mass is 16.3. The Morgan fingerprint density at radius 3 is 2.44 bits per heavy atom. The number of fused-ring (bicyclic) bond motifs is 1. The van der Waals surface area contributed by atoms with Crippen LogP contribution >= 0.6 is 0 Å². The van der Waals surface area contributed by atoms with Gasteiger partial charge in [0.05, 0.1) is 6.10 Å². The fraction of sp³-hybridized carbons (Fsp3) is 0.909. The minimum Gasteiger partial charge on any atom is -0.393 e. The van der Waals surface area contributed by atoms with Gasteiger partial charge in [-0.1, -0.05) is 27.2 Å². The van der Waals surface area contributed by atoms with E-state index in [-0.39, 0.29) is 34.6 Å². The molecular formula is C22H36O3. The molecule has 0 aromatic rings. The molecule has 3 saturated carbocycles. The van der Waals surface area contributed by atoms with Crippen LogP contribution in [0.1, 0.15) is 85.5 Å². The number of carbonyl (C=O) groups is 2. The minimum absolute atomic E-state index is 0.0480. The van der Waals surface area contributed by atoms with Crippen molar-refractivity contribution in [3.8, 4) is 0 Å². The number of hydrogen-bond donors (Lipinski definition) is 1. The lowest BCUT2D eigenvalue weighted by atomic mass is 9.53. The number of hydrogen-bond acceptors (Lipinski definition) is 3. The molecule has 3 rings (SSSR count). The fourth-order valence-electron chi connectivity index (χ4n) is 6.61. The van der Waals surface area contributed by atoms with E-state index in [0.29, 0.717) is 24.0 Å². The molecule has 0 radical (unpaired) electrons. The minimum atomic E-state index is -0.179. The lowest BCUT2D eigenvalue weighted by molar-refractivity contribution is -0.139. The van der Waals surface area contributed by atoms with E-state index >= 15 is 0 Å². The highest BCUT2D eigenvalue weighted by molar-refractivity contribution is 5.85. The lowest BCUT2D eigenvalue weighted by Crippen LogP contribution is -2.48. The Morgan fingerprint density at radius 2 is 1.76 bits per heavy atom. The van der Waals surface area contributed by atoms with Gasteiger partial charge >= 0.3 is 0 Å². The molecule has 0 unspecified atom stereocenters. The summed E-state index contributed by atoms with van der Waals surface area (Å²) in [5.41, 5.74) is -0.112. The Hall–Kier alpha value is -0.700.